The second kappa shape index (κ2) is 2.97. The molecule has 0 bridgehead atoms. The van der Waals surface area contributed by atoms with E-state index in [2.05, 4.69) is 5.32 Å². The molecule has 1 saturated carbocycles. The Kier molecular flexibility index (Phi) is 2.32. The van der Waals surface area contributed by atoms with Crippen LogP contribution in [-0.4, -0.2) is 23.9 Å². The fraction of sp³-hybridized carbons (Fsp3) is 0.857. The van der Waals surface area contributed by atoms with E-state index in [0.29, 0.717) is 19.8 Å². The molecule has 70 valence electrons. The minimum Gasteiger partial charge on any atom is -0.348 e. The molecule has 0 radical (unpaired) electrons. The highest BCUT2D eigenvalue weighted by atomic mass is 19.3. The molecule has 0 aromatic heterocycles. The zero-order chi connectivity index (χ0) is 9.35. The van der Waals surface area contributed by atoms with Crippen molar-refractivity contribution in [1.29, 1.82) is 0 Å². The maximum absolute atomic E-state index is 12.3. The Morgan fingerprint density at radius 1 is 1.58 bits per heavy atom. The van der Waals surface area contributed by atoms with Gasteiger partial charge in [-0.1, -0.05) is 0 Å². The average molecular weight is 178 g/mol. The van der Waals surface area contributed by atoms with Crippen molar-refractivity contribution >= 4 is 5.91 Å². The number of amides is 1. The molecule has 0 aromatic rings. The quantitative estimate of drug-likeness (QED) is 0.636. The average Bonchev–Trinajstić information content (AvgIpc) is 1.82. The molecule has 0 aliphatic heterocycles. The van der Waals surface area contributed by atoms with E-state index in [0.717, 1.165) is 0 Å². The van der Waals surface area contributed by atoms with Crippen LogP contribution in [-0.2, 0) is 4.79 Å². The van der Waals surface area contributed by atoms with E-state index in [1.165, 1.54) is 0 Å². The zero-order valence-electron chi connectivity index (χ0n) is 6.81. The van der Waals surface area contributed by atoms with Gasteiger partial charge in [0.15, 0.2) is 0 Å². The van der Waals surface area contributed by atoms with Crippen molar-refractivity contribution in [3.8, 4) is 0 Å². The molecule has 0 unspecified atom stereocenters. The molecule has 3 nitrogen and oxygen atoms in total. The molecule has 3 N–H and O–H groups in total. The molecule has 1 rings (SSSR count). The van der Waals surface area contributed by atoms with Gasteiger partial charge in [-0.2, -0.15) is 8.78 Å². The van der Waals surface area contributed by atoms with Gasteiger partial charge in [-0.3, -0.25) is 4.79 Å². The summed E-state index contributed by atoms with van der Waals surface area (Å²) in [7, 11) is 0. The van der Waals surface area contributed by atoms with Gasteiger partial charge in [0.25, 0.3) is 5.91 Å². The first-order chi connectivity index (χ1) is 5.39. The number of hydrogen-bond donors (Lipinski definition) is 2. The largest absolute Gasteiger partial charge is 0.348 e. The van der Waals surface area contributed by atoms with Crippen molar-refractivity contribution in [3.63, 3.8) is 0 Å². The summed E-state index contributed by atoms with van der Waals surface area (Å²) in [6, 6.07) is -0.0981. The Labute approximate surface area is 69.3 Å². The lowest BCUT2D eigenvalue weighted by Crippen LogP contribution is -2.53. The molecule has 12 heavy (non-hydrogen) atoms. The standard InChI is InChI=1S/C7H12F2N2O/c1-7(8,9)6(12)11-5-2-4(10)3-5/h4-5H,2-3,10H2,1H3,(H,11,12). The Bertz CT molecular complexity index is 184. The second-order valence-electron chi connectivity index (χ2n) is 3.29. The summed E-state index contributed by atoms with van der Waals surface area (Å²) in [5, 5.41) is 2.22. The summed E-state index contributed by atoms with van der Waals surface area (Å²) in [5.41, 5.74) is 5.41. The minimum atomic E-state index is -3.28. The normalized spacial score (nSPS) is 29.3. The van der Waals surface area contributed by atoms with Crippen LogP contribution in [0.3, 0.4) is 0 Å². The predicted molar refractivity (Wildman–Crippen MR) is 39.8 cm³/mol. The number of alkyl halides is 2. The Balaban J connectivity index is 2.28. The van der Waals surface area contributed by atoms with Crippen molar-refractivity contribution in [2.24, 2.45) is 5.73 Å². The highest BCUT2D eigenvalue weighted by Crippen LogP contribution is 2.19. The lowest BCUT2D eigenvalue weighted by atomic mass is 9.87. The van der Waals surface area contributed by atoms with Crippen LogP contribution in [0.15, 0.2) is 0 Å². The van der Waals surface area contributed by atoms with Crippen LogP contribution in [0.1, 0.15) is 19.8 Å². The van der Waals surface area contributed by atoms with E-state index in [9.17, 15) is 13.6 Å². The lowest BCUT2D eigenvalue weighted by molar-refractivity contribution is -0.144. The van der Waals surface area contributed by atoms with Crippen LogP contribution in [0, 0.1) is 0 Å². The molecule has 1 amide bonds. The van der Waals surface area contributed by atoms with E-state index in [1.54, 1.807) is 0 Å². The van der Waals surface area contributed by atoms with Gasteiger partial charge >= 0.3 is 5.92 Å². The second-order valence-corrected chi connectivity index (χ2v) is 3.29. The van der Waals surface area contributed by atoms with Gasteiger partial charge in [0.1, 0.15) is 0 Å². The highest BCUT2D eigenvalue weighted by Gasteiger charge is 2.36. The number of halogens is 2. The van der Waals surface area contributed by atoms with Crippen LogP contribution in [0.25, 0.3) is 0 Å². The van der Waals surface area contributed by atoms with Crippen LogP contribution in [0.2, 0.25) is 0 Å². The first kappa shape index (κ1) is 9.38. The number of nitrogens with one attached hydrogen (secondary N) is 1. The van der Waals surface area contributed by atoms with Gasteiger partial charge in [-0.05, 0) is 12.8 Å². The fourth-order valence-corrected chi connectivity index (χ4v) is 1.09. The molecule has 0 aromatic carbocycles. The first-order valence-corrected chi connectivity index (χ1v) is 3.84. The molecule has 5 heteroatoms. The summed E-state index contributed by atoms with van der Waals surface area (Å²) >= 11 is 0. The monoisotopic (exact) mass is 178 g/mol. The topological polar surface area (TPSA) is 55.1 Å². The number of rotatable bonds is 2. The molecule has 1 aliphatic carbocycles. The predicted octanol–water partition coefficient (Wildman–Crippen LogP) is 0.247. The fourth-order valence-electron chi connectivity index (χ4n) is 1.09. The third kappa shape index (κ3) is 2.14. The molecule has 1 fully saturated rings. The van der Waals surface area contributed by atoms with Gasteiger partial charge < -0.3 is 11.1 Å². The van der Waals surface area contributed by atoms with Crippen molar-refractivity contribution in [2.45, 2.75) is 37.8 Å². The summed E-state index contributed by atoms with van der Waals surface area (Å²) in [5.74, 6) is -4.49. The van der Waals surface area contributed by atoms with Crippen molar-refractivity contribution in [1.82, 2.24) is 5.32 Å². The van der Waals surface area contributed by atoms with Crippen molar-refractivity contribution < 1.29 is 13.6 Å². The zero-order valence-corrected chi connectivity index (χ0v) is 6.81. The maximum Gasteiger partial charge on any atom is 0.321 e. The van der Waals surface area contributed by atoms with Gasteiger partial charge in [0.2, 0.25) is 0 Å². The Hall–Kier alpha value is -0.710. The minimum absolute atomic E-state index is 0.0563. The Morgan fingerprint density at radius 3 is 2.42 bits per heavy atom. The van der Waals surface area contributed by atoms with Gasteiger partial charge in [0.05, 0.1) is 0 Å². The molecule has 1 aliphatic rings. The summed E-state index contributed by atoms with van der Waals surface area (Å²) in [6.45, 7) is 0.584. The molecular formula is C7H12F2N2O. The maximum atomic E-state index is 12.3. The lowest BCUT2D eigenvalue weighted by Gasteiger charge is -2.33. The summed E-state index contributed by atoms with van der Waals surface area (Å²) in [4.78, 5) is 10.7. The van der Waals surface area contributed by atoms with Crippen molar-refractivity contribution in [3.05, 3.63) is 0 Å². The summed E-state index contributed by atoms with van der Waals surface area (Å²) in [6.07, 6.45) is 1.20. The SMILES string of the molecule is CC(F)(F)C(=O)NC1CC(N)C1. The number of carbonyl (C=O) groups excluding carboxylic acids is 1. The molecule has 0 saturated heterocycles. The molecule has 0 atom stereocenters. The van der Waals surface area contributed by atoms with Gasteiger partial charge in [-0.15, -0.1) is 0 Å². The number of carbonyl (C=O) groups is 1. The first-order valence-electron chi connectivity index (χ1n) is 3.84. The van der Waals surface area contributed by atoms with Crippen LogP contribution >= 0.6 is 0 Å². The highest BCUT2D eigenvalue weighted by molar-refractivity contribution is 5.83. The van der Waals surface area contributed by atoms with Crippen LogP contribution < -0.4 is 11.1 Å². The number of nitrogens with two attached hydrogens (primary N) is 1. The van der Waals surface area contributed by atoms with Crippen molar-refractivity contribution in [2.75, 3.05) is 0 Å². The molecule has 0 heterocycles. The molecule has 0 spiro atoms. The van der Waals surface area contributed by atoms with Gasteiger partial charge in [-0.25, -0.2) is 0 Å². The van der Waals surface area contributed by atoms with E-state index in [-0.39, 0.29) is 12.1 Å². The summed E-state index contributed by atoms with van der Waals surface area (Å²) < 4.78 is 24.6. The Morgan fingerprint density at radius 2 is 2.08 bits per heavy atom. The van der Waals surface area contributed by atoms with E-state index < -0.39 is 11.8 Å². The van der Waals surface area contributed by atoms with E-state index in [4.69, 9.17) is 5.73 Å². The third-order valence-corrected chi connectivity index (χ3v) is 1.91. The third-order valence-electron chi connectivity index (χ3n) is 1.91. The van der Waals surface area contributed by atoms with E-state index >= 15 is 0 Å². The van der Waals surface area contributed by atoms with Crippen LogP contribution in [0.4, 0.5) is 8.78 Å². The van der Waals surface area contributed by atoms with E-state index in [1.807, 2.05) is 0 Å². The smallest absolute Gasteiger partial charge is 0.321 e. The van der Waals surface area contributed by atoms with Gasteiger partial charge in [0, 0.05) is 19.0 Å². The molecular weight excluding hydrogens is 166 g/mol. The number of hydrogen-bond acceptors (Lipinski definition) is 2. The van der Waals surface area contributed by atoms with Crippen LogP contribution in [0.5, 0.6) is 0 Å².